The van der Waals surface area contributed by atoms with Crippen LogP contribution in [0, 0.1) is 11.8 Å². The molecule has 114 valence electrons. The number of nitrogens with zero attached hydrogens (tertiary/aromatic N) is 2. The van der Waals surface area contributed by atoms with Crippen LogP contribution in [0.2, 0.25) is 0 Å². The highest BCUT2D eigenvalue weighted by molar-refractivity contribution is 5.27. The highest BCUT2D eigenvalue weighted by Gasteiger charge is 2.19. The minimum atomic E-state index is 0.665. The van der Waals surface area contributed by atoms with E-state index >= 15 is 0 Å². The quantitative estimate of drug-likeness (QED) is 0.866. The van der Waals surface area contributed by atoms with Crippen molar-refractivity contribution < 1.29 is 4.42 Å². The van der Waals surface area contributed by atoms with Gasteiger partial charge < -0.3 is 14.6 Å². The van der Waals surface area contributed by atoms with Crippen molar-refractivity contribution in [3.05, 3.63) is 12.0 Å². The van der Waals surface area contributed by atoms with Crippen molar-refractivity contribution in [1.82, 2.24) is 10.3 Å². The number of aromatic nitrogens is 1. The number of hydrogen-bond donors (Lipinski definition) is 1. The molecule has 1 aliphatic heterocycles. The summed E-state index contributed by atoms with van der Waals surface area (Å²) in [6.45, 7) is 10.7. The molecule has 1 aliphatic rings. The van der Waals surface area contributed by atoms with E-state index in [1.165, 1.54) is 25.7 Å². The van der Waals surface area contributed by atoms with Crippen LogP contribution in [0.4, 0.5) is 6.01 Å². The molecule has 0 amide bonds. The molecule has 1 aromatic heterocycles. The fraction of sp³-hybridized carbons (Fsp3) is 0.812. The van der Waals surface area contributed by atoms with Crippen LogP contribution in [0.5, 0.6) is 0 Å². The van der Waals surface area contributed by atoms with Gasteiger partial charge in [-0.05, 0) is 37.6 Å². The lowest BCUT2D eigenvalue weighted by Gasteiger charge is -2.17. The van der Waals surface area contributed by atoms with Crippen LogP contribution in [-0.4, -0.2) is 24.6 Å². The highest BCUT2D eigenvalue weighted by atomic mass is 16.4. The Bertz CT molecular complexity index is 389. The SMILES string of the molecule is CCC1CCCN(c2nc(CNCC(C)C)co2)CC1. The van der Waals surface area contributed by atoms with E-state index in [0.29, 0.717) is 5.92 Å². The first kappa shape index (κ1) is 15.4. The lowest BCUT2D eigenvalue weighted by molar-refractivity contribution is 0.458. The average molecular weight is 279 g/mol. The van der Waals surface area contributed by atoms with Crippen molar-refractivity contribution in [2.24, 2.45) is 11.8 Å². The van der Waals surface area contributed by atoms with E-state index in [9.17, 15) is 0 Å². The van der Waals surface area contributed by atoms with Crippen molar-refractivity contribution in [3.8, 4) is 0 Å². The highest BCUT2D eigenvalue weighted by Crippen LogP contribution is 2.24. The Balaban J connectivity index is 1.85. The van der Waals surface area contributed by atoms with E-state index in [1.54, 1.807) is 6.26 Å². The van der Waals surface area contributed by atoms with E-state index < -0.39 is 0 Å². The fourth-order valence-electron chi connectivity index (χ4n) is 2.78. The Hall–Kier alpha value is -1.03. The zero-order chi connectivity index (χ0) is 14.4. The molecule has 20 heavy (non-hydrogen) atoms. The van der Waals surface area contributed by atoms with E-state index in [0.717, 1.165) is 43.8 Å². The predicted octanol–water partition coefficient (Wildman–Crippen LogP) is 3.44. The van der Waals surface area contributed by atoms with Gasteiger partial charge in [-0.2, -0.15) is 4.98 Å². The molecule has 2 rings (SSSR count). The summed E-state index contributed by atoms with van der Waals surface area (Å²) in [4.78, 5) is 6.93. The summed E-state index contributed by atoms with van der Waals surface area (Å²) in [5, 5.41) is 3.40. The summed E-state index contributed by atoms with van der Waals surface area (Å²) in [5.41, 5.74) is 1.01. The van der Waals surface area contributed by atoms with Gasteiger partial charge in [-0.3, -0.25) is 0 Å². The topological polar surface area (TPSA) is 41.3 Å². The first-order valence-electron chi connectivity index (χ1n) is 8.09. The number of oxazole rings is 1. The largest absolute Gasteiger partial charge is 0.432 e. The molecule has 1 aromatic rings. The summed E-state index contributed by atoms with van der Waals surface area (Å²) >= 11 is 0. The van der Waals surface area contributed by atoms with Gasteiger partial charge in [-0.1, -0.05) is 27.2 Å². The minimum absolute atomic E-state index is 0.665. The Morgan fingerprint density at radius 2 is 2.25 bits per heavy atom. The molecule has 4 heteroatoms. The third-order valence-electron chi connectivity index (χ3n) is 4.09. The lowest BCUT2D eigenvalue weighted by Crippen LogP contribution is -2.24. The van der Waals surface area contributed by atoms with Crippen LogP contribution in [0.1, 0.15) is 52.1 Å². The monoisotopic (exact) mass is 279 g/mol. The molecule has 1 N–H and O–H groups in total. The van der Waals surface area contributed by atoms with Gasteiger partial charge in [0, 0.05) is 19.6 Å². The molecule has 1 fully saturated rings. The van der Waals surface area contributed by atoms with Crippen LogP contribution >= 0.6 is 0 Å². The van der Waals surface area contributed by atoms with E-state index in [4.69, 9.17) is 4.42 Å². The zero-order valence-corrected chi connectivity index (χ0v) is 13.2. The van der Waals surface area contributed by atoms with Crippen molar-refractivity contribution in [3.63, 3.8) is 0 Å². The Morgan fingerprint density at radius 3 is 3.00 bits per heavy atom. The maximum atomic E-state index is 5.66. The van der Waals surface area contributed by atoms with Crippen LogP contribution in [0.3, 0.4) is 0 Å². The van der Waals surface area contributed by atoms with Crippen molar-refractivity contribution in [1.29, 1.82) is 0 Å². The van der Waals surface area contributed by atoms with Gasteiger partial charge in [0.15, 0.2) is 0 Å². The smallest absolute Gasteiger partial charge is 0.297 e. The molecule has 0 saturated carbocycles. The second kappa shape index (κ2) is 7.67. The molecule has 0 bridgehead atoms. The number of rotatable bonds is 6. The second-order valence-electron chi connectivity index (χ2n) is 6.34. The van der Waals surface area contributed by atoms with Crippen LogP contribution in [0.15, 0.2) is 10.7 Å². The van der Waals surface area contributed by atoms with Crippen molar-refractivity contribution >= 4 is 6.01 Å². The minimum Gasteiger partial charge on any atom is -0.432 e. The lowest BCUT2D eigenvalue weighted by atomic mass is 9.98. The second-order valence-corrected chi connectivity index (χ2v) is 6.34. The fourth-order valence-corrected chi connectivity index (χ4v) is 2.78. The normalized spacial score (nSPS) is 20.4. The number of anilines is 1. The first-order valence-corrected chi connectivity index (χ1v) is 8.09. The summed E-state index contributed by atoms with van der Waals surface area (Å²) in [6, 6.07) is 0.808. The molecule has 0 aromatic carbocycles. The molecule has 0 radical (unpaired) electrons. The summed E-state index contributed by atoms with van der Waals surface area (Å²) in [5.74, 6) is 1.54. The van der Waals surface area contributed by atoms with Crippen LogP contribution in [-0.2, 0) is 6.54 Å². The molecular formula is C16H29N3O. The molecule has 0 aliphatic carbocycles. The summed E-state index contributed by atoms with van der Waals surface area (Å²) in [7, 11) is 0. The van der Waals surface area contributed by atoms with Gasteiger partial charge in [0.2, 0.25) is 0 Å². The van der Waals surface area contributed by atoms with E-state index in [1.807, 2.05) is 0 Å². The summed E-state index contributed by atoms with van der Waals surface area (Å²) < 4.78 is 5.66. The standard InChI is InChI=1S/C16H29N3O/c1-4-14-6-5-8-19(9-7-14)16-18-15(12-20-16)11-17-10-13(2)3/h12-14,17H,4-11H2,1-3H3. The van der Waals surface area contributed by atoms with Gasteiger partial charge in [0.25, 0.3) is 6.01 Å². The molecule has 2 heterocycles. The van der Waals surface area contributed by atoms with E-state index in [-0.39, 0.29) is 0 Å². The van der Waals surface area contributed by atoms with Crippen molar-refractivity contribution in [2.75, 3.05) is 24.5 Å². The third kappa shape index (κ3) is 4.51. The number of hydrogen-bond acceptors (Lipinski definition) is 4. The molecule has 4 nitrogen and oxygen atoms in total. The Labute approximate surface area is 122 Å². The van der Waals surface area contributed by atoms with Gasteiger partial charge >= 0.3 is 0 Å². The van der Waals surface area contributed by atoms with Gasteiger partial charge in [-0.25, -0.2) is 0 Å². The molecule has 1 unspecified atom stereocenters. The maximum Gasteiger partial charge on any atom is 0.297 e. The summed E-state index contributed by atoms with van der Waals surface area (Å²) in [6.07, 6.45) is 6.95. The maximum absolute atomic E-state index is 5.66. The average Bonchev–Trinajstić information content (AvgIpc) is 2.75. The third-order valence-corrected chi connectivity index (χ3v) is 4.09. The Kier molecular flexibility index (Phi) is 5.89. The van der Waals surface area contributed by atoms with Gasteiger partial charge in [0.1, 0.15) is 6.26 Å². The number of nitrogens with one attached hydrogen (secondary N) is 1. The molecular weight excluding hydrogens is 250 g/mol. The Morgan fingerprint density at radius 1 is 1.40 bits per heavy atom. The molecule has 1 atom stereocenters. The van der Waals surface area contributed by atoms with Crippen LogP contribution in [0.25, 0.3) is 0 Å². The molecule has 1 saturated heterocycles. The van der Waals surface area contributed by atoms with Crippen LogP contribution < -0.4 is 10.2 Å². The zero-order valence-electron chi connectivity index (χ0n) is 13.2. The molecule has 0 spiro atoms. The predicted molar refractivity (Wildman–Crippen MR) is 82.9 cm³/mol. The first-order chi connectivity index (χ1) is 9.69. The van der Waals surface area contributed by atoms with Crippen molar-refractivity contribution in [2.45, 2.75) is 53.0 Å². The van der Waals surface area contributed by atoms with Gasteiger partial charge in [0.05, 0.1) is 5.69 Å². The van der Waals surface area contributed by atoms with Gasteiger partial charge in [-0.15, -0.1) is 0 Å². The van der Waals surface area contributed by atoms with E-state index in [2.05, 4.69) is 36.0 Å².